The first-order chi connectivity index (χ1) is 5.72. The van der Waals surface area contributed by atoms with E-state index in [9.17, 15) is 0 Å². The predicted molar refractivity (Wildman–Crippen MR) is 53.4 cm³/mol. The summed E-state index contributed by atoms with van der Waals surface area (Å²) in [5.74, 6) is 0.606. The Morgan fingerprint density at radius 2 is 1.92 bits per heavy atom. The van der Waals surface area contributed by atoms with E-state index in [0.717, 1.165) is 19.7 Å². The molecule has 1 N–H and O–H groups in total. The van der Waals surface area contributed by atoms with Crippen LogP contribution in [0.2, 0.25) is 0 Å². The SMILES string of the molecule is CCCNCC(OCC)C(C)C. The zero-order valence-corrected chi connectivity index (χ0v) is 8.89. The van der Waals surface area contributed by atoms with Crippen LogP contribution in [0.25, 0.3) is 0 Å². The molecule has 0 aromatic rings. The Labute approximate surface area is 76.7 Å². The normalized spacial score (nSPS) is 13.8. The summed E-state index contributed by atoms with van der Waals surface area (Å²) >= 11 is 0. The molecule has 0 aliphatic heterocycles. The van der Waals surface area contributed by atoms with Crippen molar-refractivity contribution in [1.29, 1.82) is 0 Å². The van der Waals surface area contributed by atoms with E-state index in [1.54, 1.807) is 0 Å². The lowest BCUT2D eigenvalue weighted by molar-refractivity contribution is 0.0312. The Hall–Kier alpha value is -0.0800. The van der Waals surface area contributed by atoms with E-state index in [-0.39, 0.29) is 0 Å². The predicted octanol–water partition coefficient (Wildman–Crippen LogP) is 2.05. The minimum atomic E-state index is 0.376. The zero-order valence-electron chi connectivity index (χ0n) is 8.89. The van der Waals surface area contributed by atoms with Crippen LogP contribution in [0.1, 0.15) is 34.1 Å². The smallest absolute Gasteiger partial charge is 0.0722 e. The Balaban J connectivity index is 3.49. The van der Waals surface area contributed by atoms with Crippen molar-refractivity contribution in [3.05, 3.63) is 0 Å². The van der Waals surface area contributed by atoms with Crippen molar-refractivity contribution in [2.75, 3.05) is 19.7 Å². The van der Waals surface area contributed by atoms with Crippen LogP contribution >= 0.6 is 0 Å². The van der Waals surface area contributed by atoms with E-state index in [1.165, 1.54) is 6.42 Å². The monoisotopic (exact) mass is 173 g/mol. The molecule has 0 rings (SSSR count). The minimum Gasteiger partial charge on any atom is -0.377 e. The van der Waals surface area contributed by atoms with Gasteiger partial charge in [-0.2, -0.15) is 0 Å². The first-order valence-electron chi connectivity index (χ1n) is 5.04. The van der Waals surface area contributed by atoms with Gasteiger partial charge in [0.1, 0.15) is 0 Å². The highest BCUT2D eigenvalue weighted by molar-refractivity contribution is 4.65. The largest absolute Gasteiger partial charge is 0.377 e. The number of ether oxygens (including phenoxy) is 1. The summed E-state index contributed by atoms with van der Waals surface area (Å²) < 4.78 is 5.59. The molecule has 2 nitrogen and oxygen atoms in total. The molecule has 0 bridgehead atoms. The second-order valence-electron chi connectivity index (χ2n) is 3.44. The lowest BCUT2D eigenvalue weighted by Crippen LogP contribution is -2.33. The maximum atomic E-state index is 5.59. The molecule has 0 aromatic carbocycles. The molecule has 0 aromatic heterocycles. The van der Waals surface area contributed by atoms with Gasteiger partial charge in [0.25, 0.3) is 0 Å². The van der Waals surface area contributed by atoms with E-state index < -0.39 is 0 Å². The van der Waals surface area contributed by atoms with Crippen molar-refractivity contribution < 1.29 is 4.74 Å². The van der Waals surface area contributed by atoms with Crippen LogP contribution in [0.4, 0.5) is 0 Å². The second-order valence-corrected chi connectivity index (χ2v) is 3.44. The standard InChI is InChI=1S/C10H23NO/c1-5-7-11-8-10(9(3)4)12-6-2/h9-11H,5-8H2,1-4H3. The summed E-state index contributed by atoms with van der Waals surface area (Å²) in [5.41, 5.74) is 0. The molecule has 2 heteroatoms. The van der Waals surface area contributed by atoms with Crippen LogP contribution in [-0.2, 0) is 4.74 Å². The molecule has 0 aliphatic rings. The van der Waals surface area contributed by atoms with Crippen molar-refractivity contribution >= 4 is 0 Å². The van der Waals surface area contributed by atoms with Gasteiger partial charge in [-0.3, -0.25) is 0 Å². The van der Waals surface area contributed by atoms with E-state index >= 15 is 0 Å². The summed E-state index contributed by atoms with van der Waals surface area (Å²) in [4.78, 5) is 0. The zero-order chi connectivity index (χ0) is 9.40. The van der Waals surface area contributed by atoms with Gasteiger partial charge in [0, 0.05) is 13.2 Å². The first kappa shape index (κ1) is 11.9. The molecular formula is C10H23NO. The number of hydrogen-bond acceptors (Lipinski definition) is 2. The van der Waals surface area contributed by atoms with Crippen LogP contribution in [0.3, 0.4) is 0 Å². The van der Waals surface area contributed by atoms with Crippen LogP contribution < -0.4 is 5.32 Å². The summed E-state index contributed by atoms with van der Waals surface area (Å²) in [7, 11) is 0. The van der Waals surface area contributed by atoms with Crippen LogP contribution in [0.5, 0.6) is 0 Å². The van der Waals surface area contributed by atoms with Gasteiger partial charge < -0.3 is 10.1 Å². The van der Waals surface area contributed by atoms with E-state index in [0.29, 0.717) is 12.0 Å². The van der Waals surface area contributed by atoms with Crippen molar-refractivity contribution in [3.8, 4) is 0 Å². The molecule has 0 radical (unpaired) electrons. The average Bonchev–Trinajstić information content (AvgIpc) is 2.03. The first-order valence-corrected chi connectivity index (χ1v) is 5.04. The fourth-order valence-corrected chi connectivity index (χ4v) is 1.12. The van der Waals surface area contributed by atoms with Gasteiger partial charge in [-0.15, -0.1) is 0 Å². The Morgan fingerprint density at radius 3 is 2.33 bits per heavy atom. The molecule has 0 amide bonds. The third kappa shape index (κ3) is 5.56. The highest BCUT2D eigenvalue weighted by Crippen LogP contribution is 2.04. The average molecular weight is 173 g/mol. The van der Waals surface area contributed by atoms with E-state index in [1.807, 2.05) is 0 Å². The molecular weight excluding hydrogens is 150 g/mol. The minimum absolute atomic E-state index is 0.376. The maximum absolute atomic E-state index is 5.59. The lowest BCUT2D eigenvalue weighted by Gasteiger charge is -2.20. The highest BCUT2D eigenvalue weighted by Gasteiger charge is 2.11. The van der Waals surface area contributed by atoms with Crippen molar-refractivity contribution in [2.45, 2.75) is 40.2 Å². The van der Waals surface area contributed by atoms with Gasteiger partial charge in [0.15, 0.2) is 0 Å². The molecule has 0 fully saturated rings. The van der Waals surface area contributed by atoms with E-state index in [4.69, 9.17) is 4.74 Å². The summed E-state index contributed by atoms with van der Waals surface area (Å²) in [5, 5.41) is 3.38. The van der Waals surface area contributed by atoms with Gasteiger partial charge in [-0.05, 0) is 25.8 Å². The summed E-state index contributed by atoms with van der Waals surface area (Å²) in [6.07, 6.45) is 1.57. The third-order valence-electron chi connectivity index (χ3n) is 1.90. The van der Waals surface area contributed by atoms with Gasteiger partial charge in [-0.1, -0.05) is 20.8 Å². The highest BCUT2D eigenvalue weighted by atomic mass is 16.5. The fourth-order valence-electron chi connectivity index (χ4n) is 1.12. The van der Waals surface area contributed by atoms with Crippen molar-refractivity contribution in [2.24, 2.45) is 5.92 Å². The van der Waals surface area contributed by atoms with Gasteiger partial charge in [0.2, 0.25) is 0 Å². The Morgan fingerprint density at radius 1 is 1.25 bits per heavy atom. The van der Waals surface area contributed by atoms with Gasteiger partial charge >= 0.3 is 0 Å². The number of hydrogen-bond donors (Lipinski definition) is 1. The Bertz CT molecular complexity index is 93.8. The molecule has 12 heavy (non-hydrogen) atoms. The second kappa shape index (κ2) is 7.56. The van der Waals surface area contributed by atoms with Crippen LogP contribution in [0.15, 0.2) is 0 Å². The molecule has 0 heterocycles. The summed E-state index contributed by atoms with van der Waals surface area (Å²) in [6, 6.07) is 0. The molecule has 0 aliphatic carbocycles. The van der Waals surface area contributed by atoms with Crippen LogP contribution in [-0.4, -0.2) is 25.8 Å². The van der Waals surface area contributed by atoms with Crippen LogP contribution in [0, 0.1) is 5.92 Å². The molecule has 0 saturated carbocycles. The number of rotatable bonds is 7. The molecule has 0 spiro atoms. The maximum Gasteiger partial charge on any atom is 0.0722 e. The van der Waals surface area contributed by atoms with Crippen molar-refractivity contribution in [3.63, 3.8) is 0 Å². The van der Waals surface area contributed by atoms with Gasteiger partial charge in [0.05, 0.1) is 6.10 Å². The summed E-state index contributed by atoms with van der Waals surface area (Å²) in [6.45, 7) is 11.5. The quantitative estimate of drug-likeness (QED) is 0.595. The topological polar surface area (TPSA) is 21.3 Å². The number of nitrogens with one attached hydrogen (secondary N) is 1. The Kier molecular flexibility index (Phi) is 7.51. The molecule has 1 atom stereocenters. The van der Waals surface area contributed by atoms with Crippen molar-refractivity contribution in [1.82, 2.24) is 5.32 Å². The third-order valence-corrected chi connectivity index (χ3v) is 1.90. The van der Waals surface area contributed by atoms with Gasteiger partial charge in [-0.25, -0.2) is 0 Å². The van der Waals surface area contributed by atoms with E-state index in [2.05, 4.69) is 33.0 Å². The fraction of sp³-hybridized carbons (Fsp3) is 1.00. The lowest BCUT2D eigenvalue weighted by atomic mass is 10.1. The molecule has 74 valence electrons. The molecule has 0 saturated heterocycles. The molecule has 1 unspecified atom stereocenters.